The summed E-state index contributed by atoms with van der Waals surface area (Å²) in [5, 5.41) is 10.2. The summed E-state index contributed by atoms with van der Waals surface area (Å²) in [4.78, 5) is 17.6. The first-order chi connectivity index (χ1) is 13.2. The number of aromatic nitrogens is 3. The van der Waals surface area contributed by atoms with Gasteiger partial charge in [0, 0.05) is 55.7 Å². The standard InChI is InChI=1S/C20H17FN6/c21-16-3-4-17-18(6-16)24-12-25-20(17)27-10-14-8-26(9-15(14)11-27)19-13(7-22)2-1-5-23-19/h1-6,12,14-15H,8-11H2. The maximum Gasteiger partial charge on any atom is 0.146 e. The highest BCUT2D eigenvalue weighted by molar-refractivity contribution is 5.89. The van der Waals surface area contributed by atoms with E-state index in [-0.39, 0.29) is 5.82 Å². The summed E-state index contributed by atoms with van der Waals surface area (Å²) in [5.41, 5.74) is 1.25. The van der Waals surface area contributed by atoms with Gasteiger partial charge < -0.3 is 9.80 Å². The highest BCUT2D eigenvalue weighted by Crippen LogP contribution is 2.37. The van der Waals surface area contributed by atoms with Gasteiger partial charge in [-0.3, -0.25) is 0 Å². The summed E-state index contributed by atoms with van der Waals surface area (Å²) >= 11 is 0. The number of fused-ring (bicyclic) bond motifs is 2. The number of pyridine rings is 1. The van der Waals surface area contributed by atoms with Gasteiger partial charge in [0.25, 0.3) is 0 Å². The molecule has 0 amide bonds. The Kier molecular flexibility index (Phi) is 3.64. The Balaban J connectivity index is 1.38. The van der Waals surface area contributed by atoms with Crippen molar-refractivity contribution < 1.29 is 4.39 Å². The number of hydrogen-bond acceptors (Lipinski definition) is 6. The number of halogens is 1. The van der Waals surface area contributed by atoms with Crippen molar-refractivity contribution >= 4 is 22.5 Å². The summed E-state index contributed by atoms with van der Waals surface area (Å²) < 4.78 is 13.5. The van der Waals surface area contributed by atoms with Crippen LogP contribution in [0.1, 0.15) is 5.56 Å². The van der Waals surface area contributed by atoms with Crippen molar-refractivity contribution in [3.05, 3.63) is 54.2 Å². The zero-order chi connectivity index (χ0) is 18.4. The highest BCUT2D eigenvalue weighted by atomic mass is 19.1. The van der Waals surface area contributed by atoms with Crippen LogP contribution in [0.4, 0.5) is 16.0 Å². The molecule has 2 fully saturated rings. The minimum Gasteiger partial charge on any atom is -0.355 e. The lowest BCUT2D eigenvalue weighted by molar-refractivity contribution is 0.533. The first-order valence-electron chi connectivity index (χ1n) is 8.98. The van der Waals surface area contributed by atoms with Crippen LogP contribution in [0, 0.1) is 29.0 Å². The van der Waals surface area contributed by atoms with Crippen molar-refractivity contribution in [3.8, 4) is 6.07 Å². The van der Waals surface area contributed by atoms with Gasteiger partial charge in [-0.25, -0.2) is 19.3 Å². The third kappa shape index (κ3) is 2.65. The van der Waals surface area contributed by atoms with Crippen LogP contribution in [0.3, 0.4) is 0 Å². The molecule has 6 nitrogen and oxygen atoms in total. The van der Waals surface area contributed by atoms with Crippen molar-refractivity contribution in [2.24, 2.45) is 11.8 Å². The van der Waals surface area contributed by atoms with Gasteiger partial charge in [0.2, 0.25) is 0 Å². The molecule has 7 heteroatoms. The third-order valence-corrected chi connectivity index (χ3v) is 5.57. The second kappa shape index (κ2) is 6.16. The average molecular weight is 360 g/mol. The SMILES string of the molecule is N#Cc1cccnc1N1CC2CN(c3ncnc4cc(F)ccc34)CC2C1. The molecule has 27 heavy (non-hydrogen) atoms. The fourth-order valence-electron chi connectivity index (χ4n) is 4.34. The van der Waals surface area contributed by atoms with Gasteiger partial charge in [0.1, 0.15) is 29.8 Å². The number of nitrogens with zero attached hydrogens (tertiary/aromatic N) is 6. The van der Waals surface area contributed by atoms with Crippen LogP contribution in [0.2, 0.25) is 0 Å². The minimum atomic E-state index is -0.287. The zero-order valence-electron chi connectivity index (χ0n) is 14.6. The van der Waals surface area contributed by atoms with E-state index in [1.54, 1.807) is 18.3 Å². The van der Waals surface area contributed by atoms with Crippen LogP contribution in [0.15, 0.2) is 42.9 Å². The zero-order valence-corrected chi connectivity index (χ0v) is 14.6. The normalized spacial score (nSPS) is 21.5. The number of anilines is 2. The summed E-state index contributed by atoms with van der Waals surface area (Å²) in [5.74, 6) is 2.35. The molecule has 3 aromatic rings. The number of hydrogen-bond donors (Lipinski definition) is 0. The Morgan fingerprint density at radius 2 is 1.70 bits per heavy atom. The molecule has 2 aromatic heterocycles. The summed E-state index contributed by atoms with van der Waals surface area (Å²) in [7, 11) is 0. The van der Waals surface area contributed by atoms with E-state index < -0.39 is 0 Å². The summed E-state index contributed by atoms with van der Waals surface area (Å²) in [6.45, 7) is 3.54. The monoisotopic (exact) mass is 360 g/mol. The van der Waals surface area contributed by atoms with E-state index in [0.717, 1.165) is 43.2 Å². The van der Waals surface area contributed by atoms with Crippen LogP contribution in [-0.4, -0.2) is 41.1 Å². The molecular weight excluding hydrogens is 343 g/mol. The number of rotatable bonds is 2. The van der Waals surface area contributed by atoms with Gasteiger partial charge >= 0.3 is 0 Å². The lowest BCUT2D eigenvalue weighted by atomic mass is 10.0. The van der Waals surface area contributed by atoms with E-state index in [0.29, 0.717) is 22.9 Å². The molecule has 0 spiro atoms. The van der Waals surface area contributed by atoms with E-state index in [1.807, 2.05) is 6.07 Å². The van der Waals surface area contributed by atoms with Crippen molar-refractivity contribution in [3.63, 3.8) is 0 Å². The second-order valence-electron chi connectivity index (χ2n) is 7.18. The molecule has 0 N–H and O–H groups in total. The fraction of sp³-hybridized carbons (Fsp3) is 0.300. The van der Waals surface area contributed by atoms with Crippen molar-refractivity contribution in [2.45, 2.75) is 0 Å². The molecule has 134 valence electrons. The molecule has 2 aliphatic rings. The molecule has 2 atom stereocenters. The molecule has 2 unspecified atom stereocenters. The van der Waals surface area contributed by atoms with Crippen LogP contribution in [-0.2, 0) is 0 Å². The first kappa shape index (κ1) is 15.9. The maximum absolute atomic E-state index is 13.5. The maximum atomic E-state index is 13.5. The van der Waals surface area contributed by atoms with Crippen LogP contribution >= 0.6 is 0 Å². The molecule has 0 saturated carbocycles. The van der Waals surface area contributed by atoms with E-state index in [9.17, 15) is 9.65 Å². The molecule has 0 bridgehead atoms. The predicted molar refractivity (Wildman–Crippen MR) is 99.9 cm³/mol. The van der Waals surface area contributed by atoms with Gasteiger partial charge in [-0.2, -0.15) is 5.26 Å². The molecule has 2 aliphatic heterocycles. The molecule has 1 aromatic carbocycles. The van der Waals surface area contributed by atoms with Gasteiger partial charge in [0.15, 0.2) is 0 Å². The predicted octanol–water partition coefficient (Wildman–Crippen LogP) is 2.61. The summed E-state index contributed by atoms with van der Waals surface area (Å²) in [6, 6.07) is 10.5. The van der Waals surface area contributed by atoms with Gasteiger partial charge in [-0.1, -0.05) is 0 Å². The van der Waals surface area contributed by atoms with Gasteiger partial charge in [-0.15, -0.1) is 0 Å². The Bertz CT molecular complexity index is 1050. The average Bonchev–Trinajstić information content (AvgIpc) is 3.26. The first-order valence-corrected chi connectivity index (χ1v) is 8.98. The Labute approximate surface area is 155 Å². The quantitative estimate of drug-likeness (QED) is 0.700. The minimum absolute atomic E-state index is 0.287. The molecule has 0 radical (unpaired) electrons. The fourth-order valence-corrected chi connectivity index (χ4v) is 4.34. The number of benzene rings is 1. The largest absolute Gasteiger partial charge is 0.355 e. The topological polar surface area (TPSA) is 68.9 Å². The third-order valence-electron chi connectivity index (χ3n) is 5.57. The van der Waals surface area contributed by atoms with E-state index >= 15 is 0 Å². The number of nitriles is 1. The lowest BCUT2D eigenvalue weighted by Crippen LogP contribution is -2.30. The Morgan fingerprint density at radius 3 is 2.44 bits per heavy atom. The van der Waals surface area contributed by atoms with E-state index in [2.05, 4.69) is 30.8 Å². The Hall–Kier alpha value is -3.27. The second-order valence-corrected chi connectivity index (χ2v) is 7.18. The van der Waals surface area contributed by atoms with E-state index in [1.165, 1.54) is 18.5 Å². The lowest BCUT2D eigenvalue weighted by Gasteiger charge is -2.24. The summed E-state index contributed by atoms with van der Waals surface area (Å²) in [6.07, 6.45) is 3.24. The highest BCUT2D eigenvalue weighted by Gasteiger charge is 2.41. The van der Waals surface area contributed by atoms with E-state index in [4.69, 9.17) is 0 Å². The van der Waals surface area contributed by atoms with Crippen LogP contribution < -0.4 is 9.80 Å². The van der Waals surface area contributed by atoms with Crippen molar-refractivity contribution in [1.82, 2.24) is 15.0 Å². The smallest absolute Gasteiger partial charge is 0.146 e. The molecule has 4 heterocycles. The van der Waals surface area contributed by atoms with Crippen molar-refractivity contribution in [2.75, 3.05) is 36.0 Å². The van der Waals surface area contributed by atoms with Crippen LogP contribution in [0.5, 0.6) is 0 Å². The van der Waals surface area contributed by atoms with Crippen molar-refractivity contribution in [1.29, 1.82) is 5.26 Å². The molecule has 2 saturated heterocycles. The molecular formula is C20H17FN6. The van der Waals surface area contributed by atoms with Gasteiger partial charge in [0.05, 0.1) is 11.1 Å². The molecule has 0 aliphatic carbocycles. The Morgan fingerprint density at radius 1 is 0.963 bits per heavy atom. The molecule has 5 rings (SSSR count). The van der Waals surface area contributed by atoms with Gasteiger partial charge in [-0.05, 0) is 24.3 Å². The van der Waals surface area contributed by atoms with Crippen LogP contribution in [0.25, 0.3) is 10.9 Å².